The van der Waals surface area contributed by atoms with E-state index >= 15 is 0 Å². The molecule has 13 heavy (non-hydrogen) atoms. The van der Waals surface area contributed by atoms with Crippen LogP contribution in [0.4, 0.5) is 0 Å². The average molecular weight is 178 g/mol. The van der Waals surface area contributed by atoms with Gasteiger partial charge in [0.2, 0.25) is 0 Å². The van der Waals surface area contributed by atoms with Crippen molar-refractivity contribution >= 4 is 0 Å². The zero-order chi connectivity index (χ0) is 9.26. The van der Waals surface area contributed by atoms with E-state index in [2.05, 4.69) is 19.2 Å². The molecule has 1 saturated heterocycles. The maximum atomic E-state index is 5.56. The molecule has 1 aliphatic carbocycles. The first kappa shape index (κ1) is 8.57. The third-order valence-corrected chi connectivity index (χ3v) is 2.22. The highest BCUT2D eigenvalue weighted by Gasteiger charge is 2.24. The predicted molar refractivity (Wildman–Crippen MR) is 51.3 cm³/mol. The largest absolute Gasteiger partial charge is 0.491 e. The van der Waals surface area contributed by atoms with Gasteiger partial charge in [-0.25, -0.2) is 0 Å². The molecule has 0 amide bonds. The maximum absolute atomic E-state index is 5.56. The summed E-state index contributed by atoms with van der Waals surface area (Å²) in [6.45, 7) is 9.37. The minimum absolute atomic E-state index is 0.318. The Labute approximate surface area is 78.5 Å². The Morgan fingerprint density at radius 3 is 2.92 bits per heavy atom. The molecular weight excluding hydrogens is 164 g/mol. The number of ether oxygens (including phenoxy) is 2. The third kappa shape index (κ3) is 2.22. The molecule has 0 radical (unpaired) electrons. The highest BCUT2D eigenvalue weighted by Crippen LogP contribution is 2.27. The molecule has 0 spiro atoms. The summed E-state index contributed by atoms with van der Waals surface area (Å²) >= 11 is 0. The van der Waals surface area contributed by atoms with E-state index in [1.54, 1.807) is 0 Å². The van der Waals surface area contributed by atoms with E-state index in [0.29, 0.717) is 12.7 Å². The molecule has 2 heteroatoms. The predicted octanol–water partition coefficient (Wildman–Crippen LogP) is 2.19. The summed E-state index contributed by atoms with van der Waals surface area (Å²) in [5.41, 5.74) is 2.25. The fourth-order valence-corrected chi connectivity index (χ4v) is 1.35. The minimum Gasteiger partial charge on any atom is -0.491 e. The van der Waals surface area contributed by atoms with E-state index < -0.39 is 0 Å². The highest BCUT2D eigenvalue weighted by atomic mass is 16.6. The van der Waals surface area contributed by atoms with Gasteiger partial charge in [-0.3, -0.25) is 0 Å². The molecule has 0 bridgehead atoms. The van der Waals surface area contributed by atoms with Crippen LogP contribution in [-0.4, -0.2) is 19.3 Å². The zero-order valence-electron chi connectivity index (χ0n) is 7.71. The van der Waals surface area contributed by atoms with Crippen LogP contribution in [0.3, 0.4) is 0 Å². The standard InChI is InChI=1S/C11H14O2/c1-8-3-4-11(9(2)5-8)13-7-10-6-12-10/h4,10H,1-3,5-7H2. The van der Waals surface area contributed by atoms with Gasteiger partial charge < -0.3 is 9.47 Å². The van der Waals surface area contributed by atoms with E-state index in [-0.39, 0.29) is 0 Å². The van der Waals surface area contributed by atoms with Gasteiger partial charge >= 0.3 is 0 Å². The molecule has 0 N–H and O–H groups in total. The van der Waals surface area contributed by atoms with E-state index in [4.69, 9.17) is 9.47 Å². The Hall–Kier alpha value is -1.02. The van der Waals surface area contributed by atoms with Gasteiger partial charge in [-0.1, -0.05) is 18.7 Å². The SMILES string of the molecule is C=C1CC=C(OCC2CO2)C(=C)C1. The molecule has 1 heterocycles. The lowest BCUT2D eigenvalue weighted by Crippen LogP contribution is -2.06. The van der Waals surface area contributed by atoms with E-state index in [1.165, 1.54) is 5.57 Å². The van der Waals surface area contributed by atoms with Crippen molar-refractivity contribution in [1.82, 2.24) is 0 Å². The third-order valence-electron chi connectivity index (χ3n) is 2.22. The number of epoxide rings is 1. The molecular formula is C11H14O2. The number of allylic oxidation sites excluding steroid dienone is 3. The summed E-state index contributed by atoms with van der Waals surface area (Å²) in [5.74, 6) is 0.933. The first-order valence-electron chi connectivity index (χ1n) is 4.55. The maximum Gasteiger partial charge on any atom is 0.118 e. The highest BCUT2D eigenvalue weighted by molar-refractivity contribution is 5.33. The van der Waals surface area contributed by atoms with Gasteiger partial charge in [-0.15, -0.1) is 0 Å². The van der Waals surface area contributed by atoms with Crippen LogP contribution in [0.25, 0.3) is 0 Å². The van der Waals surface area contributed by atoms with Crippen molar-refractivity contribution in [2.45, 2.75) is 18.9 Å². The van der Waals surface area contributed by atoms with Crippen LogP contribution in [0.2, 0.25) is 0 Å². The van der Waals surface area contributed by atoms with Crippen molar-refractivity contribution in [3.63, 3.8) is 0 Å². The van der Waals surface area contributed by atoms with Crippen molar-refractivity contribution in [3.05, 3.63) is 36.1 Å². The zero-order valence-corrected chi connectivity index (χ0v) is 7.71. The Bertz CT molecular complexity index is 272. The molecule has 0 aromatic carbocycles. The van der Waals surface area contributed by atoms with Crippen LogP contribution in [0, 0.1) is 0 Å². The van der Waals surface area contributed by atoms with Crippen molar-refractivity contribution in [2.24, 2.45) is 0 Å². The summed E-state index contributed by atoms with van der Waals surface area (Å²) in [7, 11) is 0. The van der Waals surface area contributed by atoms with Crippen molar-refractivity contribution in [3.8, 4) is 0 Å². The molecule has 2 nitrogen and oxygen atoms in total. The second-order valence-corrected chi connectivity index (χ2v) is 3.57. The Morgan fingerprint density at radius 1 is 1.54 bits per heavy atom. The van der Waals surface area contributed by atoms with Crippen molar-refractivity contribution < 1.29 is 9.47 Å². The Kier molecular flexibility index (Phi) is 2.23. The summed E-state index contributed by atoms with van der Waals surface area (Å²) < 4.78 is 10.6. The van der Waals surface area contributed by atoms with Crippen molar-refractivity contribution in [1.29, 1.82) is 0 Å². The minimum atomic E-state index is 0.318. The fourth-order valence-electron chi connectivity index (χ4n) is 1.35. The molecule has 1 fully saturated rings. The Morgan fingerprint density at radius 2 is 2.31 bits per heavy atom. The van der Waals surface area contributed by atoms with Crippen molar-refractivity contribution in [2.75, 3.05) is 13.2 Å². The molecule has 0 aromatic rings. The quantitative estimate of drug-likeness (QED) is 0.488. The van der Waals surface area contributed by atoms with Crippen LogP contribution in [-0.2, 0) is 9.47 Å². The number of hydrogen-bond donors (Lipinski definition) is 0. The van der Waals surface area contributed by atoms with E-state index in [9.17, 15) is 0 Å². The second kappa shape index (κ2) is 3.38. The smallest absolute Gasteiger partial charge is 0.118 e. The lowest BCUT2D eigenvalue weighted by atomic mass is 9.97. The fraction of sp³-hybridized carbons (Fsp3) is 0.455. The summed E-state index contributed by atoms with van der Waals surface area (Å²) in [6, 6.07) is 0. The van der Waals surface area contributed by atoms with E-state index in [1.807, 2.05) is 0 Å². The van der Waals surface area contributed by atoms with Crippen LogP contribution in [0.1, 0.15) is 12.8 Å². The molecule has 0 saturated carbocycles. The normalized spacial score (nSPS) is 27.1. The van der Waals surface area contributed by atoms with Crippen LogP contribution >= 0.6 is 0 Å². The van der Waals surface area contributed by atoms with Gasteiger partial charge in [0.15, 0.2) is 0 Å². The van der Waals surface area contributed by atoms with Crippen LogP contribution in [0.5, 0.6) is 0 Å². The van der Waals surface area contributed by atoms with Gasteiger partial charge in [0.25, 0.3) is 0 Å². The van der Waals surface area contributed by atoms with Gasteiger partial charge in [-0.2, -0.15) is 0 Å². The first-order valence-corrected chi connectivity index (χ1v) is 4.55. The Balaban J connectivity index is 1.89. The van der Waals surface area contributed by atoms with E-state index in [0.717, 1.165) is 30.8 Å². The lowest BCUT2D eigenvalue weighted by molar-refractivity contribution is 0.187. The molecule has 70 valence electrons. The number of hydrogen-bond acceptors (Lipinski definition) is 2. The monoisotopic (exact) mass is 178 g/mol. The molecule has 1 aliphatic heterocycles. The molecule has 2 aliphatic rings. The molecule has 0 aromatic heterocycles. The second-order valence-electron chi connectivity index (χ2n) is 3.57. The van der Waals surface area contributed by atoms with Gasteiger partial charge in [0.05, 0.1) is 6.61 Å². The van der Waals surface area contributed by atoms with Crippen LogP contribution in [0.15, 0.2) is 36.1 Å². The van der Waals surface area contributed by atoms with Gasteiger partial charge in [0, 0.05) is 0 Å². The topological polar surface area (TPSA) is 21.8 Å². The molecule has 2 rings (SSSR count). The van der Waals surface area contributed by atoms with Crippen LogP contribution < -0.4 is 0 Å². The van der Waals surface area contributed by atoms with Gasteiger partial charge in [-0.05, 0) is 24.5 Å². The van der Waals surface area contributed by atoms with Gasteiger partial charge in [0.1, 0.15) is 18.5 Å². The molecule has 1 atom stereocenters. The first-order chi connectivity index (χ1) is 6.25. The summed E-state index contributed by atoms with van der Waals surface area (Å²) in [4.78, 5) is 0. The lowest BCUT2D eigenvalue weighted by Gasteiger charge is -2.17. The molecule has 1 unspecified atom stereocenters. The number of rotatable bonds is 3. The average Bonchev–Trinajstić information content (AvgIpc) is 2.86. The summed E-state index contributed by atoms with van der Waals surface area (Å²) in [6.07, 6.45) is 4.16. The summed E-state index contributed by atoms with van der Waals surface area (Å²) in [5, 5.41) is 0.